The number of nitrogens with zero attached hydrogens (tertiary/aromatic N) is 4. The first kappa shape index (κ1) is 13.6. The second kappa shape index (κ2) is 5.21. The molecule has 2 heterocycles. The standard InChI is InChI=1S/C14H13ClN4O2/c1-18-11-6-4-3-5-9(11)10(17-18)7-19-8-16-13(15)12(21-2)14(19)20/h3-6,8H,7H2,1-2H3. The molecule has 0 unspecified atom stereocenters. The van der Waals surface area contributed by atoms with Crippen LogP contribution in [0.4, 0.5) is 0 Å². The first-order valence-electron chi connectivity index (χ1n) is 6.31. The topological polar surface area (TPSA) is 61.9 Å². The Hall–Kier alpha value is -2.34. The maximum atomic E-state index is 12.2. The lowest BCUT2D eigenvalue weighted by atomic mass is 10.2. The number of ether oxygens (including phenoxy) is 1. The first-order valence-corrected chi connectivity index (χ1v) is 6.69. The van der Waals surface area contributed by atoms with Gasteiger partial charge in [-0.1, -0.05) is 29.8 Å². The second-order valence-corrected chi connectivity index (χ2v) is 4.95. The Labute approximate surface area is 125 Å². The fraction of sp³-hybridized carbons (Fsp3) is 0.214. The predicted molar refractivity (Wildman–Crippen MR) is 79.9 cm³/mol. The van der Waals surface area contributed by atoms with E-state index >= 15 is 0 Å². The summed E-state index contributed by atoms with van der Waals surface area (Å²) in [7, 11) is 3.26. The van der Waals surface area contributed by atoms with Gasteiger partial charge in [-0.25, -0.2) is 4.98 Å². The van der Waals surface area contributed by atoms with Gasteiger partial charge < -0.3 is 4.74 Å². The lowest BCUT2D eigenvalue weighted by molar-refractivity contribution is 0.400. The molecule has 0 saturated carbocycles. The van der Waals surface area contributed by atoms with Crippen LogP contribution >= 0.6 is 11.6 Å². The Morgan fingerprint density at radius 3 is 2.86 bits per heavy atom. The summed E-state index contributed by atoms with van der Waals surface area (Å²) in [6, 6.07) is 7.85. The van der Waals surface area contributed by atoms with Crippen LogP contribution < -0.4 is 10.3 Å². The molecular weight excluding hydrogens is 292 g/mol. The number of halogens is 1. The molecule has 0 fully saturated rings. The van der Waals surface area contributed by atoms with Gasteiger partial charge in [0.2, 0.25) is 5.75 Å². The van der Waals surface area contributed by atoms with E-state index in [0.717, 1.165) is 16.6 Å². The van der Waals surface area contributed by atoms with E-state index in [0.29, 0.717) is 6.54 Å². The van der Waals surface area contributed by atoms with E-state index in [9.17, 15) is 4.79 Å². The lowest BCUT2D eigenvalue weighted by Gasteiger charge is -2.06. The van der Waals surface area contributed by atoms with E-state index in [4.69, 9.17) is 16.3 Å². The summed E-state index contributed by atoms with van der Waals surface area (Å²) < 4.78 is 8.21. The van der Waals surface area contributed by atoms with E-state index in [1.807, 2.05) is 31.3 Å². The molecular formula is C14H13ClN4O2. The highest BCUT2D eigenvalue weighted by Gasteiger charge is 2.13. The molecule has 0 bridgehead atoms. The van der Waals surface area contributed by atoms with Crippen molar-refractivity contribution in [3.05, 3.63) is 51.8 Å². The Morgan fingerprint density at radius 2 is 2.10 bits per heavy atom. The van der Waals surface area contributed by atoms with Crippen molar-refractivity contribution in [1.82, 2.24) is 19.3 Å². The Bertz CT molecular complexity index is 869. The highest BCUT2D eigenvalue weighted by Crippen LogP contribution is 2.19. The third-order valence-electron chi connectivity index (χ3n) is 3.31. The zero-order chi connectivity index (χ0) is 15.0. The number of aryl methyl sites for hydroxylation is 1. The number of methoxy groups -OCH3 is 1. The first-order chi connectivity index (χ1) is 10.1. The average molecular weight is 305 g/mol. The van der Waals surface area contributed by atoms with Crippen molar-refractivity contribution in [1.29, 1.82) is 0 Å². The number of fused-ring (bicyclic) bond motifs is 1. The molecule has 0 aliphatic rings. The third-order valence-corrected chi connectivity index (χ3v) is 3.58. The summed E-state index contributed by atoms with van der Waals surface area (Å²) in [5.41, 5.74) is 1.48. The van der Waals surface area contributed by atoms with Gasteiger partial charge in [-0.2, -0.15) is 5.10 Å². The van der Waals surface area contributed by atoms with Crippen LogP contribution in [0.5, 0.6) is 5.75 Å². The summed E-state index contributed by atoms with van der Waals surface area (Å²) in [5, 5.41) is 5.52. The predicted octanol–water partition coefficient (Wildman–Crippen LogP) is 1.84. The quantitative estimate of drug-likeness (QED) is 0.693. The highest BCUT2D eigenvalue weighted by atomic mass is 35.5. The normalized spacial score (nSPS) is 11.0. The Balaban J connectivity index is 2.09. The molecule has 21 heavy (non-hydrogen) atoms. The van der Waals surface area contributed by atoms with Gasteiger partial charge in [0.05, 0.1) is 31.2 Å². The molecule has 0 N–H and O–H groups in total. The van der Waals surface area contributed by atoms with Crippen LogP contribution in [-0.4, -0.2) is 26.4 Å². The van der Waals surface area contributed by atoms with Gasteiger partial charge in [0, 0.05) is 12.4 Å². The number of aromatic nitrogens is 4. The van der Waals surface area contributed by atoms with Crippen LogP contribution in [0, 0.1) is 0 Å². The molecule has 1 aromatic carbocycles. The van der Waals surface area contributed by atoms with Gasteiger partial charge in [-0.3, -0.25) is 14.0 Å². The molecule has 2 aromatic heterocycles. The minimum atomic E-state index is -0.327. The van der Waals surface area contributed by atoms with Crippen molar-refractivity contribution in [2.24, 2.45) is 7.05 Å². The van der Waals surface area contributed by atoms with Gasteiger partial charge in [0.25, 0.3) is 5.56 Å². The Morgan fingerprint density at radius 1 is 1.33 bits per heavy atom. The molecule has 0 aliphatic carbocycles. The van der Waals surface area contributed by atoms with Crippen LogP contribution in [0.25, 0.3) is 10.9 Å². The van der Waals surface area contributed by atoms with Crippen molar-refractivity contribution in [2.45, 2.75) is 6.54 Å². The van der Waals surface area contributed by atoms with E-state index in [-0.39, 0.29) is 16.5 Å². The molecule has 0 spiro atoms. The zero-order valence-corrected chi connectivity index (χ0v) is 12.3. The summed E-state index contributed by atoms with van der Waals surface area (Å²) in [4.78, 5) is 16.2. The molecule has 3 rings (SSSR count). The molecule has 3 aromatic rings. The smallest absolute Gasteiger partial charge is 0.297 e. The van der Waals surface area contributed by atoms with E-state index < -0.39 is 0 Å². The van der Waals surface area contributed by atoms with Gasteiger partial charge in [-0.05, 0) is 6.07 Å². The molecule has 0 aliphatic heterocycles. The minimum absolute atomic E-state index is 0.0411. The van der Waals surface area contributed by atoms with Crippen molar-refractivity contribution in [2.75, 3.05) is 7.11 Å². The van der Waals surface area contributed by atoms with Crippen LogP contribution in [0.3, 0.4) is 0 Å². The summed E-state index contributed by atoms with van der Waals surface area (Å²) in [6.45, 7) is 0.306. The van der Waals surface area contributed by atoms with Crippen LogP contribution in [0.2, 0.25) is 5.15 Å². The second-order valence-electron chi connectivity index (χ2n) is 4.59. The molecule has 0 saturated heterocycles. The number of benzene rings is 1. The van der Waals surface area contributed by atoms with Crippen molar-refractivity contribution in [3.63, 3.8) is 0 Å². The van der Waals surface area contributed by atoms with Crippen molar-refractivity contribution in [3.8, 4) is 5.75 Å². The fourth-order valence-corrected chi connectivity index (χ4v) is 2.50. The lowest BCUT2D eigenvalue weighted by Crippen LogP contribution is -2.23. The van der Waals surface area contributed by atoms with Crippen molar-refractivity contribution < 1.29 is 4.74 Å². The minimum Gasteiger partial charge on any atom is -0.489 e. The largest absolute Gasteiger partial charge is 0.489 e. The third kappa shape index (κ3) is 2.27. The van der Waals surface area contributed by atoms with E-state index in [2.05, 4.69) is 10.1 Å². The molecule has 7 heteroatoms. The maximum Gasteiger partial charge on any atom is 0.297 e. The van der Waals surface area contributed by atoms with E-state index in [1.165, 1.54) is 18.0 Å². The number of hydrogen-bond acceptors (Lipinski definition) is 4. The van der Waals surface area contributed by atoms with Crippen LogP contribution in [0.1, 0.15) is 5.69 Å². The number of hydrogen-bond donors (Lipinski definition) is 0. The number of para-hydroxylation sites is 1. The van der Waals surface area contributed by atoms with E-state index in [1.54, 1.807) is 4.68 Å². The zero-order valence-electron chi connectivity index (χ0n) is 11.6. The van der Waals surface area contributed by atoms with Gasteiger partial charge in [0.15, 0.2) is 5.15 Å². The molecule has 108 valence electrons. The van der Waals surface area contributed by atoms with Crippen LogP contribution in [0.15, 0.2) is 35.4 Å². The summed E-state index contributed by atoms with van der Waals surface area (Å²) in [6.07, 6.45) is 1.40. The van der Waals surface area contributed by atoms with Crippen LogP contribution in [-0.2, 0) is 13.6 Å². The maximum absolute atomic E-state index is 12.2. The monoisotopic (exact) mass is 304 g/mol. The highest BCUT2D eigenvalue weighted by molar-refractivity contribution is 6.30. The molecule has 0 atom stereocenters. The van der Waals surface area contributed by atoms with Gasteiger partial charge in [-0.15, -0.1) is 0 Å². The SMILES string of the molecule is COc1c(Cl)ncn(Cc2nn(C)c3ccccc23)c1=O. The van der Waals surface area contributed by atoms with Crippen molar-refractivity contribution >= 4 is 22.5 Å². The average Bonchev–Trinajstić information content (AvgIpc) is 2.80. The molecule has 0 amide bonds. The summed E-state index contributed by atoms with van der Waals surface area (Å²) in [5.74, 6) is 0.0411. The number of rotatable bonds is 3. The molecule has 6 nitrogen and oxygen atoms in total. The fourth-order valence-electron chi connectivity index (χ4n) is 2.30. The van der Waals surface area contributed by atoms with Gasteiger partial charge >= 0.3 is 0 Å². The molecule has 0 radical (unpaired) electrons. The summed E-state index contributed by atoms with van der Waals surface area (Å²) >= 11 is 5.83. The van der Waals surface area contributed by atoms with Gasteiger partial charge in [0.1, 0.15) is 0 Å². The Kier molecular flexibility index (Phi) is 3.39.